The highest BCUT2D eigenvalue weighted by molar-refractivity contribution is 6.36. The van der Waals surface area contributed by atoms with Crippen molar-refractivity contribution in [1.29, 1.82) is 0 Å². The van der Waals surface area contributed by atoms with Crippen molar-refractivity contribution in [2.24, 2.45) is 5.73 Å². The van der Waals surface area contributed by atoms with Gasteiger partial charge in [-0.15, -0.1) is 0 Å². The van der Waals surface area contributed by atoms with Gasteiger partial charge in [-0.1, -0.05) is 41.4 Å². The number of hydrogen-bond donors (Lipinski definition) is 2. The van der Waals surface area contributed by atoms with Crippen molar-refractivity contribution in [2.45, 2.75) is 31.9 Å². The third-order valence-electron chi connectivity index (χ3n) is 5.27. The zero-order valence-electron chi connectivity index (χ0n) is 15.8. The highest BCUT2D eigenvalue weighted by atomic mass is 35.5. The van der Waals surface area contributed by atoms with Crippen LogP contribution in [0.1, 0.15) is 42.2 Å². The van der Waals surface area contributed by atoms with E-state index in [4.69, 9.17) is 39.4 Å². The number of ether oxygens (including phenoxy) is 1. The van der Waals surface area contributed by atoms with Crippen LogP contribution in [0.25, 0.3) is 11.1 Å². The van der Waals surface area contributed by atoms with Crippen LogP contribution in [-0.4, -0.2) is 4.98 Å². The van der Waals surface area contributed by atoms with E-state index < -0.39 is 11.9 Å². The summed E-state index contributed by atoms with van der Waals surface area (Å²) in [6, 6.07) is 10.8. The summed E-state index contributed by atoms with van der Waals surface area (Å²) in [5, 5.41) is 0.254. The number of anilines is 1. The maximum absolute atomic E-state index is 13.9. The first-order chi connectivity index (χ1) is 13.8. The fraction of sp³-hybridized carbons (Fsp3) is 0.227. The lowest BCUT2D eigenvalue weighted by Gasteiger charge is -2.19. The maximum atomic E-state index is 13.9. The number of nitrogens with two attached hydrogens (primary N) is 2. The number of fused-ring (bicyclic) bond motifs is 1. The molecule has 1 aromatic heterocycles. The molecule has 0 amide bonds. The molecule has 0 radical (unpaired) electrons. The van der Waals surface area contributed by atoms with Crippen molar-refractivity contribution in [2.75, 3.05) is 5.73 Å². The predicted molar refractivity (Wildman–Crippen MR) is 115 cm³/mol. The Morgan fingerprint density at radius 1 is 1.17 bits per heavy atom. The Hall–Kier alpha value is -2.34. The number of hydrogen-bond acceptors (Lipinski definition) is 4. The van der Waals surface area contributed by atoms with Gasteiger partial charge in [0, 0.05) is 28.4 Å². The molecule has 1 aliphatic rings. The fourth-order valence-corrected chi connectivity index (χ4v) is 4.38. The number of aromatic nitrogens is 1. The smallest absolute Gasteiger partial charge is 0.166 e. The van der Waals surface area contributed by atoms with Crippen LogP contribution in [0.5, 0.6) is 5.75 Å². The van der Waals surface area contributed by atoms with Gasteiger partial charge < -0.3 is 16.2 Å². The number of pyridine rings is 1. The lowest BCUT2D eigenvalue weighted by atomic mass is 10.0. The molecule has 4 rings (SSSR count). The van der Waals surface area contributed by atoms with Gasteiger partial charge in [0.2, 0.25) is 0 Å². The molecular formula is C22H20Cl2FN3O. The highest BCUT2D eigenvalue weighted by Gasteiger charge is 2.21. The number of halogens is 3. The molecule has 0 spiro atoms. The zero-order valence-corrected chi connectivity index (χ0v) is 17.3. The van der Waals surface area contributed by atoms with Crippen LogP contribution < -0.4 is 16.2 Å². The second-order valence-corrected chi connectivity index (χ2v) is 7.97. The van der Waals surface area contributed by atoms with Crippen molar-refractivity contribution >= 4 is 29.0 Å². The van der Waals surface area contributed by atoms with E-state index in [1.54, 1.807) is 13.1 Å². The molecule has 2 aromatic carbocycles. The van der Waals surface area contributed by atoms with E-state index in [9.17, 15) is 4.39 Å². The van der Waals surface area contributed by atoms with E-state index in [1.165, 1.54) is 23.3 Å². The van der Waals surface area contributed by atoms with Gasteiger partial charge in [-0.2, -0.15) is 0 Å². The van der Waals surface area contributed by atoms with E-state index in [0.717, 1.165) is 24.0 Å². The zero-order chi connectivity index (χ0) is 20.7. The molecule has 2 unspecified atom stereocenters. The minimum atomic E-state index is -0.622. The Labute approximate surface area is 178 Å². The summed E-state index contributed by atoms with van der Waals surface area (Å²) in [4.78, 5) is 4.26. The van der Waals surface area contributed by atoms with E-state index in [2.05, 4.69) is 17.1 Å². The van der Waals surface area contributed by atoms with Gasteiger partial charge in [-0.3, -0.25) is 0 Å². The van der Waals surface area contributed by atoms with Crippen LogP contribution in [0.4, 0.5) is 10.2 Å². The fourth-order valence-electron chi connectivity index (χ4n) is 3.70. The molecular weight excluding hydrogens is 412 g/mol. The molecule has 0 bridgehead atoms. The van der Waals surface area contributed by atoms with Gasteiger partial charge in [0.15, 0.2) is 11.6 Å². The van der Waals surface area contributed by atoms with Crippen LogP contribution in [-0.2, 0) is 6.42 Å². The second-order valence-electron chi connectivity index (χ2n) is 7.18. The largest absolute Gasteiger partial charge is 0.482 e. The van der Waals surface area contributed by atoms with Crippen molar-refractivity contribution in [3.63, 3.8) is 0 Å². The molecule has 2 atom stereocenters. The van der Waals surface area contributed by atoms with Gasteiger partial charge in [-0.05, 0) is 54.7 Å². The van der Waals surface area contributed by atoms with Gasteiger partial charge in [0.1, 0.15) is 11.9 Å². The average molecular weight is 432 g/mol. The standard InChI is InChI=1S/C22H20Cl2FN3O/c1-11(20-16(23)5-6-17(25)21(20)24)29-19-9-14(10-28-22(19)27)12-2-4-15-13(8-12)3-7-18(15)26/h2,4-6,8-11,18H,3,7,26H2,1H3,(H2,27,28). The summed E-state index contributed by atoms with van der Waals surface area (Å²) < 4.78 is 19.8. The van der Waals surface area contributed by atoms with Crippen molar-refractivity contribution in [3.8, 4) is 16.9 Å². The minimum Gasteiger partial charge on any atom is -0.482 e. The molecule has 7 heteroatoms. The second kappa shape index (κ2) is 7.82. The topological polar surface area (TPSA) is 74.2 Å². The summed E-state index contributed by atoms with van der Waals surface area (Å²) in [7, 11) is 0. The van der Waals surface area contributed by atoms with Crippen molar-refractivity contribution < 1.29 is 9.13 Å². The molecule has 4 N–H and O–H groups in total. The Bertz CT molecular complexity index is 1090. The molecule has 0 fully saturated rings. The Morgan fingerprint density at radius 3 is 2.76 bits per heavy atom. The molecule has 29 heavy (non-hydrogen) atoms. The minimum absolute atomic E-state index is 0.0670. The van der Waals surface area contributed by atoms with Crippen molar-refractivity contribution in [1.82, 2.24) is 4.98 Å². The number of aryl methyl sites for hydroxylation is 1. The van der Waals surface area contributed by atoms with Gasteiger partial charge in [-0.25, -0.2) is 9.37 Å². The highest BCUT2D eigenvalue weighted by Crippen LogP contribution is 2.38. The van der Waals surface area contributed by atoms with Crippen LogP contribution in [0.2, 0.25) is 10.0 Å². The molecule has 0 aliphatic heterocycles. The van der Waals surface area contributed by atoms with Gasteiger partial charge in [0.25, 0.3) is 0 Å². The van der Waals surface area contributed by atoms with E-state index >= 15 is 0 Å². The number of nitrogens with zero attached hydrogens (tertiary/aromatic N) is 1. The van der Waals surface area contributed by atoms with Crippen LogP contribution in [0.3, 0.4) is 0 Å². The normalized spacial score (nSPS) is 16.5. The Morgan fingerprint density at radius 2 is 1.97 bits per heavy atom. The van der Waals surface area contributed by atoms with Crippen LogP contribution in [0.15, 0.2) is 42.6 Å². The van der Waals surface area contributed by atoms with E-state index in [-0.39, 0.29) is 16.9 Å². The maximum Gasteiger partial charge on any atom is 0.166 e. The Kier molecular flexibility index (Phi) is 5.38. The summed E-state index contributed by atoms with van der Waals surface area (Å²) >= 11 is 12.3. The molecule has 0 saturated carbocycles. The van der Waals surface area contributed by atoms with E-state index in [0.29, 0.717) is 16.3 Å². The summed E-state index contributed by atoms with van der Waals surface area (Å²) in [6.07, 6.45) is 3.00. The van der Waals surface area contributed by atoms with Gasteiger partial charge >= 0.3 is 0 Å². The average Bonchev–Trinajstić information content (AvgIpc) is 3.07. The predicted octanol–water partition coefficient (Wildman–Crippen LogP) is 5.86. The molecule has 0 saturated heterocycles. The summed E-state index contributed by atoms with van der Waals surface area (Å²) in [6.45, 7) is 1.73. The van der Waals surface area contributed by atoms with Gasteiger partial charge in [0.05, 0.1) is 5.02 Å². The molecule has 1 aliphatic carbocycles. The molecule has 150 valence electrons. The third-order valence-corrected chi connectivity index (χ3v) is 5.99. The van der Waals surface area contributed by atoms with E-state index in [1.807, 2.05) is 12.1 Å². The number of nitrogen functional groups attached to an aromatic ring is 1. The first kappa shape index (κ1) is 20.0. The lowest BCUT2D eigenvalue weighted by molar-refractivity contribution is 0.227. The summed E-state index contributed by atoms with van der Waals surface area (Å²) in [5.41, 5.74) is 16.8. The molecule has 3 aromatic rings. The SMILES string of the molecule is CC(Oc1cc(-c2ccc3c(c2)CCC3N)cnc1N)c1c(Cl)ccc(F)c1Cl. The summed E-state index contributed by atoms with van der Waals surface area (Å²) in [5.74, 6) is 0.0498. The lowest BCUT2D eigenvalue weighted by Crippen LogP contribution is -2.08. The Balaban J connectivity index is 1.66. The first-order valence-corrected chi connectivity index (χ1v) is 10.0. The number of benzene rings is 2. The number of rotatable bonds is 4. The van der Waals surface area contributed by atoms with Crippen LogP contribution in [0, 0.1) is 5.82 Å². The quantitative estimate of drug-likeness (QED) is 0.507. The molecule has 1 heterocycles. The third kappa shape index (κ3) is 3.78. The van der Waals surface area contributed by atoms with Crippen LogP contribution >= 0.6 is 23.2 Å². The monoisotopic (exact) mass is 431 g/mol. The first-order valence-electron chi connectivity index (χ1n) is 9.29. The molecule has 4 nitrogen and oxygen atoms in total. The van der Waals surface area contributed by atoms with Crippen molar-refractivity contribution in [3.05, 3.63) is 75.1 Å².